The van der Waals surface area contributed by atoms with Gasteiger partial charge in [-0.15, -0.1) is 0 Å². The molecule has 1 atom stereocenters. The molecule has 0 bridgehead atoms. The number of ether oxygens (including phenoxy) is 1. The number of nitrogens with zero attached hydrogens (tertiary/aromatic N) is 2. The fraction of sp³-hybridized carbons (Fsp3) is 0.643. The molecule has 6 nitrogen and oxygen atoms in total. The second-order valence-electron chi connectivity index (χ2n) is 5.00. The second-order valence-corrected chi connectivity index (χ2v) is 5.99. The summed E-state index contributed by atoms with van der Waals surface area (Å²) in [5, 5.41) is 3.52. The largest absolute Gasteiger partial charge is 0.383 e. The molecule has 1 aliphatic rings. The van der Waals surface area contributed by atoms with E-state index in [1.54, 1.807) is 29.5 Å². The van der Waals surface area contributed by atoms with Gasteiger partial charge in [0.2, 0.25) is 5.91 Å². The number of hydrogen-bond donors (Lipinski definition) is 1. The Balaban J connectivity index is 2.04. The summed E-state index contributed by atoms with van der Waals surface area (Å²) in [6.45, 7) is 3.04. The molecule has 1 unspecified atom stereocenters. The standard InChI is InChI=1S/C14H21N3O3S/c1-3-4-10-7-13(19)17-11(9-21-14(17)16-10)8-12(18)15-5-6-20-2/h7,11H,3-6,8-9H2,1-2H3,(H,15,18). The quantitative estimate of drug-likeness (QED) is 0.600. The molecule has 0 saturated heterocycles. The zero-order valence-electron chi connectivity index (χ0n) is 12.4. The summed E-state index contributed by atoms with van der Waals surface area (Å²) in [6.07, 6.45) is 2.08. The third-order valence-electron chi connectivity index (χ3n) is 3.30. The zero-order chi connectivity index (χ0) is 15.2. The number of carbonyl (C=O) groups is 1. The molecular weight excluding hydrogens is 290 g/mol. The lowest BCUT2D eigenvalue weighted by Gasteiger charge is -2.13. The predicted octanol–water partition coefficient (Wildman–Crippen LogP) is 0.995. The van der Waals surface area contributed by atoms with E-state index in [9.17, 15) is 9.59 Å². The monoisotopic (exact) mass is 311 g/mol. The van der Waals surface area contributed by atoms with Gasteiger partial charge in [0.25, 0.3) is 5.56 Å². The third-order valence-corrected chi connectivity index (χ3v) is 4.40. The number of carbonyl (C=O) groups excluding carboxylic acids is 1. The van der Waals surface area contributed by atoms with Crippen LogP contribution in [0.5, 0.6) is 0 Å². The van der Waals surface area contributed by atoms with E-state index in [1.165, 1.54) is 0 Å². The average molecular weight is 311 g/mol. The maximum absolute atomic E-state index is 12.2. The Morgan fingerprint density at radius 1 is 1.62 bits per heavy atom. The summed E-state index contributed by atoms with van der Waals surface area (Å²) < 4.78 is 6.54. The Hall–Kier alpha value is -1.34. The lowest BCUT2D eigenvalue weighted by atomic mass is 10.2. The summed E-state index contributed by atoms with van der Waals surface area (Å²) >= 11 is 1.55. The number of rotatable bonds is 7. The first-order chi connectivity index (χ1) is 10.2. The summed E-state index contributed by atoms with van der Waals surface area (Å²) in [7, 11) is 1.59. The van der Waals surface area contributed by atoms with Gasteiger partial charge in [0, 0.05) is 37.6 Å². The maximum atomic E-state index is 12.2. The normalized spacial score (nSPS) is 16.8. The van der Waals surface area contributed by atoms with Crippen LogP contribution in [0.2, 0.25) is 0 Å². The fourth-order valence-corrected chi connectivity index (χ4v) is 3.48. The predicted molar refractivity (Wildman–Crippen MR) is 81.8 cm³/mol. The SMILES string of the molecule is CCCc1cc(=O)n2c(n1)SCC2CC(=O)NCCOC. The molecule has 2 heterocycles. The lowest BCUT2D eigenvalue weighted by molar-refractivity contribution is -0.121. The smallest absolute Gasteiger partial charge is 0.254 e. The van der Waals surface area contributed by atoms with E-state index in [4.69, 9.17) is 4.74 Å². The molecule has 1 aliphatic heterocycles. The van der Waals surface area contributed by atoms with Crippen LogP contribution >= 0.6 is 11.8 Å². The van der Waals surface area contributed by atoms with Crippen molar-refractivity contribution in [3.63, 3.8) is 0 Å². The van der Waals surface area contributed by atoms with Crippen LogP contribution in [0.15, 0.2) is 16.0 Å². The maximum Gasteiger partial charge on any atom is 0.254 e. The molecule has 0 spiro atoms. The van der Waals surface area contributed by atoms with Crippen molar-refractivity contribution >= 4 is 17.7 Å². The van der Waals surface area contributed by atoms with E-state index in [0.717, 1.165) is 29.4 Å². The van der Waals surface area contributed by atoms with Crippen LogP contribution in [-0.4, -0.2) is 41.5 Å². The molecule has 0 radical (unpaired) electrons. The molecule has 0 fully saturated rings. The lowest BCUT2D eigenvalue weighted by Crippen LogP contribution is -2.32. The molecule has 1 amide bonds. The minimum atomic E-state index is -0.108. The number of aromatic nitrogens is 2. The van der Waals surface area contributed by atoms with Crippen molar-refractivity contribution in [1.82, 2.24) is 14.9 Å². The first-order valence-electron chi connectivity index (χ1n) is 7.16. The highest BCUT2D eigenvalue weighted by molar-refractivity contribution is 7.99. The van der Waals surface area contributed by atoms with Gasteiger partial charge in [0.15, 0.2) is 5.16 Å². The Labute approximate surface area is 128 Å². The highest BCUT2D eigenvalue weighted by atomic mass is 32.2. The van der Waals surface area contributed by atoms with Crippen LogP contribution in [0, 0.1) is 0 Å². The van der Waals surface area contributed by atoms with Gasteiger partial charge in [-0.1, -0.05) is 25.1 Å². The molecule has 1 N–H and O–H groups in total. The highest BCUT2D eigenvalue weighted by Gasteiger charge is 2.27. The number of methoxy groups -OCH3 is 1. The fourth-order valence-electron chi connectivity index (χ4n) is 2.31. The van der Waals surface area contributed by atoms with Crippen LogP contribution in [0.25, 0.3) is 0 Å². The van der Waals surface area contributed by atoms with Crippen LogP contribution in [0.1, 0.15) is 31.5 Å². The molecule has 21 heavy (non-hydrogen) atoms. The average Bonchev–Trinajstić information content (AvgIpc) is 2.83. The molecule has 7 heteroatoms. The topological polar surface area (TPSA) is 73.2 Å². The van der Waals surface area contributed by atoms with Crippen LogP contribution < -0.4 is 10.9 Å². The zero-order valence-corrected chi connectivity index (χ0v) is 13.2. The van der Waals surface area contributed by atoms with Crippen LogP contribution in [0.3, 0.4) is 0 Å². The number of thioether (sulfide) groups is 1. The number of hydrogen-bond acceptors (Lipinski definition) is 5. The third kappa shape index (κ3) is 4.07. The van der Waals surface area contributed by atoms with E-state index in [0.29, 0.717) is 19.6 Å². The van der Waals surface area contributed by atoms with Gasteiger partial charge in [-0.3, -0.25) is 14.2 Å². The minimum Gasteiger partial charge on any atom is -0.383 e. The first-order valence-corrected chi connectivity index (χ1v) is 8.15. The van der Waals surface area contributed by atoms with Crippen molar-refractivity contribution in [1.29, 1.82) is 0 Å². The van der Waals surface area contributed by atoms with E-state index in [1.807, 2.05) is 0 Å². The molecular formula is C14H21N3O3S. The number of nitrogens with one attached hydrogen (secondary N) is 1. The minimum absolute atomic E-state index is 0.0526. The van der Waals surface area contributed by atoms with Crippen molar-refractivity contribution in [3.8, 4) is 0 Å². The summed E-state index contributed by atoms with van der Waals surface area (Å²) in [6, 6.07) is 1.48. The number of aryl methyl sites for hydroxylation is 1. The van der Waals surface area contributed by atoms with Crippen LogP contribution in [0.4, 0.5) is 0 Å². The van der Waals surface area contributed by atoms with Gasteiger partial charge in [-0.25, -0.2) is 4.98 Å². The summed E-state index contributed by atoms with van der Waals surface area (Å²) in [4.78, 5) is 28.6. The molecule has 0 saturated carbocycles. The molecule has 116 valence electrons. The van der Waals surface area contributed by atoms with Gasteiger partial charge in [0.05, 0.1) is 12.6 Å². The van der Waals surface area contributed by atoms with Crippen molar-refractivity contribution < 1.29 is 9.53 Å². The Kier molecular flexibility index (Phi) is 5.81. The Morgan fingerprint density at radius 3 is 3.14 bits per heavy atom. The summed E-state index contributed by atoms with van der Waals surface area (Å²) in [5.41, 5.74) is 0.787. The van der Waals surface area contributed by atoms with Gasteiger partial charge in [-0.2, -0.15) is 0 Å². The molecule has 0 aliphatic carbocycles. The van der Waals surface area contributed by atoms with Crippen molar-refractivity contribution in [2.24, 2.45) is 0 Å². The van der Waals surface area contributed by atoms with E-state index in [2.05, 4.69) is 17.2 Å². The number of fused-ring (bicyclic) bond motifs is 1. The van der Waals surface area contributed by atoms with Crippen molar-refractivity contribution in [2.75, 3.05) is 26.0 Å². The first kappa shape index (κ1) is 16.0. The van der Waals surface area contributed by atoms with E-state index < -0.39 is 0 Å². The highest BCUT2D eigenvalue weighted by Crippen LogP contribution is 2.31. The van der Waals surface area contributed by atoms with Crippen LogP contribution in [-0.2, 0) is 16.0 Å². The number of amides is 1. The Morgan fingerprint density at radius 2 is 2.43 bits per heavy atom. The van der Waals surface area contributed by atoms with E-state index in [-0.39, 0.29) is 17.5 Å². The Bertz CT molecular complexity index is 559. The van der Waals surface area contributed by atoms with Gasteiger partial charge >= 0.3 is 0 Å². The van der Waals surface area contributed by atoms with Gasteiger partial charge in [0.1, 0.15) is 0 Å². The van der Waals surface area contributed by atoms with E-state index >= 15 is 0 Å². The van der Waals surface area contributed by atoms with Crippen molar-refractivity contribution in [3.05, 3.63) is 22.1 Å². The molecule has 1 aromatic heterocycles. The molecule has 1 aromatic rings. The summed E-state index contributed by atoms with van der Waals surface area (Å²) in [5.74, 6) is 0.658. The molecule has 2 rings (SSSR count). The second kappa shape index (κ2) is 7.61. The molecule has 0 aromatic carbocycles. The van der Waals surface area contributed by atoms with Gasteiger partial charge < -0.3 is 10.1 Å². The van der Waals surface area contributed by atoms with Gasteiger partial charge in [-0.05, 0) is 6.42 Å². The van der Waals surface area contributed by atoms with Crippen molar-refractivity contribution in [2.45, 2.75) is 37.4 Å².